The lowest BCUT2D eigenvalue weighted by molar-refractivity contribution is -0.127. The van der Waals surface area contributed by atoms with Crippen LogP contribution in [0, 0.1) is 0 Å². The van der Waals surface area contributed by atoms with Gasteiger partial charge in [-0.05, 0) is 37.8 Å². The Bertz CT molecular complexity index is 493. The molecule has 0 N–H and O–H groups in total. The van der Waals surface area contributed by atoms with E-state index in [0.29, 0.717) is 6.54 Å². The van der Waals surface area contributed by atoms with Crippen LogP contribution in [0.2, 0.25) is 5.02 Å². The zero-order valence-electron chi connectivity index (χ0n) is 10.9. The molecule has 0 unspecified atom stereocenters. The predicted molar refractivity (Wildman–Crippen MR) is 74.2 cm³/mol. The molecule has 1 aliphatic carbocycles. The highest BCUT2D eigenvalue weighted by atomic mass is 35.5. The maximum Gasteiger partial charge on any atom is 0.223 e. The molecule has 2 rings (SSSR count). The SMILES string of the molecule is CC(=O)N(Cc1ccccc1Cl)C1=C(C)CCC1. The van der Waals surface area contributed by atoms with Crippen molar-refractivity contribution in [1.82, 2.24) is 4.90 Å². The fourth-order valence-corrected chi connectivity index (χ4v) is 2.63. The fraction of sp³-hybridized carbons (Fsp3) is 0.400. The molecule has 0 aromatic heterocycles. The molecular formula is C15H18ClNO. The monoisotopic (exact) mass is 263 g/mol. The molecule has 0 aliphatic heterocycles. The molecule has 0 saturated carbocycles. The molecule has 0 spiro atoms. The zero-order valence-corrected chi connectivity index (χ0v) is 11.6. The predicted octanol–water partition coefficient (Wildman–Crippen LogP) is 4.15. The highest BCUT2D eigenvalue weighted by Crippen LogP contribution is 2.30. The van der Waals surface area contributed by atoms with Crippen molar-refractivity contribution < 1.29 is 4.79 Å². The number of nitrogens with zero attached hydrogens (tertiary/aromatic N) is 1. The molecule has 1 aromatic rings. The Morgan fingerprint density at radius 2 is 2.06 bits per heavy atom. The van der Waals surface area contributed by atoms with Gasteiger partial charge in [0.1, 0.15) is 0 Å². The first-order valence-electron chi connectivity index (χ1n) is 6.29. The van der Waals surface area contributed by atoms with Gasteiger partial charge in [0.2, 0.25) is 5.91 Å². The van der Waals surface area contributed by atoms with E-state index in [1.807, 2.05) is 29.2 Å². The van der Waals surface area contributed by atoms with Crippen LogP contribution in [0.4, 0.5) is 0 Å². The highest BCUT2D eigenvalue weighted by molar-refractivity contribution is 6.31. The summed E-state index contributed by atoms with van der Waals surface area (Å²) < 4.78 is 0. The minimum absolute atomic E-state index is 0.0890. The normalized spacial score (nSPS) is 15.1. The van der Waals surface area contributed by atoms with Gasteiger partial charge < -0.3 is 4.90 Å². The number of rotatable bonds is 3. The zero-order chi connectivity index (χ0) is 13.1. The van der Waals surface area contributed by atoms with Crippen molar-refractivity contribution in [2.45, 2.75) is 39.7 Å². The number of hydrogen-bond donors (Lipinski definition) is 0. The molecule has 0 fully saturated rings. The summed E-state index contributed by atoms with van der Waals surface area (Å²) in [7, 11) is 0. The van der Waals surface area contributed by atoms with Crippen LogP contribution in [-0.4, -0.2) is 10.8 Å². The van der Waals surface area contributed by atoms with Crippen molar-refractivity contribution in [2.75, 3.05) is 0 Å². The molecule has 1 amide bonds. The van der Waals surface area contributed by atoms with E-state index >= 15 is 0 Å². The maximum absolute atomic E-state index is 11.8. The van der Waals surface area contributed by atoms with Crippen LogP contribution in [0.15, 0.2) is 35.5 Å². The third kappa shape index (κ3) is 2.75. The summed E-state index contributed by atoms with van der Waals surface area (Å²) in [5, 5.41) is 0.722. The molecule has 1 aliphatic rings. The van der Waals surface area contributed by atoms with Gasteiger partial charge in [0.15, 0.2) is 0 Å². The lowest BCUT2D eigenvalue weighted by atomic mass is 10.1. The van der Waals surface area contributed by atoms with Gasteiger partial charge in [-0.25, -0.2) is 0 Å². The minimum atomic E-state index is 0.0890. The van der Waals surface area contributed by atoms with Crippen molar-refractivity contribution in [3.05, 3.63) is 46.1 Å². The second-order valence-corrected chi connectivity index (χ2v) is 5.18. The van der Waals surface area contributed by atoms with Crippen LogP contribution in [0.3, 0.4) is 0 Å². The second kappa shape index (κ2) is 5.57. The van der Waals surface area contributed by atoms with Crippen LogP contribution < -0.4 is 0 Å². The van der Waals surface area contributed by atoms with E-state index in [4.69, 9.17) is 11.6 Å². The minimum Gasteiger partial charge on any atom is -0.312 e. The summed E-state index contributed by atoms with van der Waals surface area (Å²) in [4.78, 5) is 13.7. The Kier molecular flexibility index (Phi) is 4.07. The fourth-order valence-electron chi connectivity index (χ4n) is 2.44. The van der Waals surface area contributed by atoms with E-state index in [1.165, 1.54) is 11.3 Å². The molecule has 1 aromatic carbocycles. The molecule has 3 heteroatoms. The Balaban J connectivity index is 2.25. The average molecular weight is 264 g/mol. The van der Waals surface area contributed by atoms with Crippen LogP contribution in [-0.2, 0) is 11.3 Å². The summed E-state index contributed by atoms with van der Waals surface area (Å²) in [6.07, 6.45) is 3.24. The van der Waals surface area contributed by atoms with Gasteiger partial charge in [0.05, 0.1) is 6.54 Å². The van der Waals surface area contributed by atoms with E-state index in [2.05, 4.69) is 6.92 Å². The summed E-state index contributed by atoms with van der Waals surface area (Å²) in [5.41, 5.74) is 3.52. The lowest BCUT2D eigenvalue weighted by Crippen LogP contribution is -2.27. The number of hydrogen-bond acceptors (Lipinski definition) is 1. The number of amides is 1. The second-order valence-electron chi connectivity index (χ2n) is 4.78. The van der Waals surface area contributed by atoms with Gasteiger partial charge in [-0.3, -0.25) is 4.79 Å². The van der Waals surface area contributed by atoms with Gasteiger partial charge in [-0.1, -0.05) is 35.4 Å². The Hall–Kier alpha value is -1.28. The molecule has 2 nitrogen and oxygen atoms in total. The number of benzene rings is 1. The van der Waals surface area contributed by atoms with E-state index < -0.39 is 0 Å². The Labute approximate surface area is 113 Å². The van der Waals surface area contributed by atoms with E-state index in [1.54, 1.807) is 6.92 Å². The average Bonchev–Trinajstić information content (AvgIpc) is 2.74. The van der Waals surface area contributed by atoms with Crippen LogP contribution in [0.1, 0.15) is 38.7 Å². The topological polar surface area (TPSA) is 20.3 Å². The smallest absolute Gasteiger partial charge is 0.223 e. The first-order valence-corrected chi connectivity index (χ1v) is 6.67. The van der Waals surface area contributed by atoms with E-state index in [9.17, 15) is 4.79 Å². The third-order valence-corrected chi connectivity index (χ3v) is 3.82. The highest BCUT2D eigenvalue weighted by Gasteiger charge is 2.21. The molecule has 0 radical (unpaired) electrons. The third-order valence-electron chi connectivity index (χ3n) is 3.45. The molecular weight excluding hydrogens is 246 g/mol. The number of allylic oxidation sites excluding steroid dienone is 2. The lowest BCUT2D eigenvalue weighted by Gasteiger charge is -2.24. The first-order chi connectivity index (χ1) is 8.59. The number of carbonyl (C=O) groups excluding carboxylic acids is 1. The number of halogens is 1. The van der Waals surface area contributed by atoms with Crippen LogP contribution in [0.25, 0.3) is 0 Å². The van der Waals surface area contributed by atoms with Crippen LogP contribution >= 0.6 is 11.6 Å². The number of carbonyl (C=O) groups is 1. The van der Waals surface area contributed by atoms with Gasteiger partial charge in [-0.15, -0.1) is 0 Å². The van der Waals surface area contributed by atoms with Crippen molar-refractivity contribution in [1.29, 1.82) is 0 Å². The van der Waals surface area contributed by atoms with Crippen molar-refractivity contribution in [2.24, 2.45) is 0 Å². The van der Waals surface area contributed by atoms with Gasteiger partial charge >= 0.3 is 0 Å². The quantitative estimate of drug-likeness (QED) is 0.802. The van der Waals surface area contributed by atoms with E-state index in [0.717, 1.165) is 29.8 Å². The largest absolute Gasteiger partial charge is 0.312 e. The molecule has 0 atom stereocenters. The van der Waals surface area contributed by atoms with Gasteiger partial charge in [0.25, 0.3) is 0 Å². The standard InChI is InChI=1S/C15H18ClNO/c1-11-6-5-9-15(11)17(12(2)18)10-13-7-3-4-8-14(13)16/h3-4,7-8H,5-6,9-10H2,1-2H3. The molecule has 18 heavy (non-hydrogen) atoms. The summed E-state index contributed by atoms with van der Waals surface area (Å²) in [6, 6.07) is 7.70. The summed E-state index contributed by atoms with van der Waals surface area (Å²) in [5.74, 6) is 0.0890. The summed E-state index contributed by atoms with van der Waals surface area (Å²) in [6.45, 7) is 4.31. The summed E-state index contributed by atoms with van der Waals surface area (Å²) >= 11 is 6.16. The molecule has 0 heterocycles. The molecule has 96 valence electrons. The van der Waals surface area contributed by atoms with Gasteiger partial charge in [0, 0.05) is 17.6 Å². The molecule has 0 bridgehead atoms. The van der Waals surface area contributed by atoms with Crippen LogP contribution in [0.5, 0.6) is 0 Å². The van der Waals surface area contributed by atoms with Crippen molar-refractivity contribution in [3.8, 4) is 0 Å². The Morgan fingerprint density at radius 1 is 1.33 bits per heavy atom. The van der Waals surface area contributed by atoms with Crippen molar-refractivity contribution >= 4 is 17.5 Å². The maximum atomic E-state index is 11.8. The first kappa shape index (κ1) is 13.2. The Morgan fingerprint density at radius 3 is 2.61 bits per heavy atom. The van der Waals surface area contributed by atoms with Gasteiger partial charge in [-0.2, -0.15) is 0 Å². The van der Waals surface area contributed by atoms with E-state index in [-0.39, 0.29) is 5.91 Å². The molecule has 0 saturated heterocycles. The van der Waals surface area contributed by atoms with Crippen molar-refractivity contribution in [3.63, 3.8) is 0 Å².